The lowest BCUT2D eigenvalue weighted by Gasteiger charge is -2.34. The van der Waals surface area contributed by atoms with Crippen molar-refractivity contribution >= 4 is 11.8 Å². The molecular weight excluding hydrogens is 390 g/mol. The zero-order valence-electron chi connectivity index (χ0n) is 18.4. The number of H-pyrrole nitrogens is 1. The molecule has 0 radical (unpaired) electrons. The number of nitrogens with zero attached hydrogens (tertiary/aromatic N) is 4. The second kappa shape index (κ2) is 10.1. The minimum Gasteiger partial charge on any atom is -0.342 e. The maximum Gasteiger partial charge on any atom is 0.257 e. The van der Waals surface area contributed by atoms with Crippen LogP contribution in [0.4, 0.5) is 0 Å². The van der Waals surface area contributed by atoms with E-state index in [1.165, 1.54) is 19.3 Å². The molecule has 1 atom stereocenters. The number of aromatic nitrogens is 3. The number of pyridine rings is 1. The van der Waals surface area contributed by atoms with Crippen molar-refractivity contribution in [3.05, 3.63) is 47.5 Å². The van der Waals surface area contributed by atoms with Crippen LogP contribution in [0.5, 0.6) is 0 Å². The molecule has 1 aliphatic heterocycles. The summed E-state index contributed by atoms with van der Waals surface area (Å²) in [6.07, 6.45) is 14.1. The Morgan fingerprint density at radius 2 is 1.90 bits per heavy atom. The highest BCUT2D eigenvalue weighted by atomic mass is 16.2. The van der Waals surface area contributed by atoms with Crippen LogP contribution in [0.25, 0.3) is 0 Å². The van der Waals surface area contributed by atoms with Gasteiger partial charge in [0.15, 0.2) is 0 Å². The molecule has 2 fully saturated rings. The first-order valence-corrected chi connectivity index (χ1v) is 11.6. The molecule has 166 valence electrons. The molecule has 2 aliphatic rings. The van der Waals surface area contributed by atoms with Crippen LogP contribution in [0, 0.1) is 0 Å². The Labute approximate surface area is 184 Å². The highest BCUT2D eigenvalue weighted by molar-refractivity contribution is 5.95. The number of hydrogen-bond acceptors (Lipinski definition) is 4. The Hall–Kier alpha value is -2.70. The number of piperidine rings is 1. The summed E-state index contributed by atoms with van der Waals surface area (Å²) >= 11 is 0. The van der Waals surface area contributed by atoms with Crippen LogP contribution in [0.3, 0.4) is 0 Å². The van der Waals surface area contributed by atoms with E-state index in [2.05, 4.69) is 15.2 Å². The van der Waals surface area contributed by atoms with Crippen LogP contribution >= 0.6 is 0 Å². The number of rotatable bonds is 6. The molecule has 3 heterocycles. The molecule has 1 saturated heterocycles. The fourth-order valence-electron chi connectivity index (χ4n) is 5.00. The smallest absolute Gasteiger partial charge is 0.257 e. The van der Waals surface area contributed by atoms with E-state index in [0.29, 0.717) is 24.6 Å². The van der Waals surface area contributed by atoms with Gasteiger partial charge in [-0.05, 0) is 49.8 Å². The first kappa shape index (κ1) is 21.5. The highest BCUT2D eigenvalue weighted by Gasteiger charge is 2.31. The number of aromatic amines is 1. The Bertz CT molecular complexity index is 875. The van der Waals surface area contributed by atoms with Crippen LogP contribution in [-0.2, 0) is 11.2 Å². The highest BCUT2D eigenvalue weighted by Crippen LogP contribution is 2.30. The van der Waals surface area contributed by atoms with Gasteiger partial charge in [-0.2, -0.15) is 5.10 Å². The SMILES string of the molecule is CN(C(=O)c1cn[nH]c1[C@@H]1CCCN(C(=O)CCc2ccncc2)C1)C1CCCCC1. The Morgan fingerprint density at radius 3 is 2.68 bits per heavy atom. The van der Waals surface area contributed by atoms with E-state index in [1.807, 2.05) is 29.0 Å². The first-order valence-electron chi connectivity index (χ1n) is 11.6. The molecule has 7 nitrogen and oxygen atoms in total. The molecule has 1 saturated carbocycles. The summed E-state index contributed by atoms with van der Waals surface area (Å²) in [7, 11) is 1.92. The monoisotopic (exact) mass is 423 g/mol. The molecule has 0 unspecified atom stereocenters. The third-order valence-corrected chi connectivity index (χ3v) is 6.90. The van der Waals surface area contributed by atoms with Gasteiger partial charge in [0.1, 0.15) is 0 Å². The van der Waals surface area contributed by atoms with Crippen LogP contribution in [-0.4, -0.2) is 63.0 Å². The lowest BCUT2D eigenvalue weighted by Crippen LogP contribution is -2.41. The largest absolute Gasteiger partial charge is 0.342 e. The number of carbonyl (C=O) groups excluding carboxylic acids is 2. The molecule has 0 aromatic carbocycles. The van der Waals surface area contributed by atoms with E-state index >= 15 is 0 Å². The lowest BCUT2D eigenvalue weighted by molar-refractivity contribution is -0.132. The van der Waals surface area contributed by atoms with Gasteiger partial charge in [-0.25, -0.2) is 0 Å². The molecule has 31 heavy (non-hydrogen) atoms. The van der Waals surface area contributed by atoms with E-state index in [-0.39, 0.29) is 17.7 Å². The second-order valence-electron chi connectivity index (χ2n) is 8.94. The number of aryl methyl sites for hydroxylation is 1. The van der Waals surface area contributed by atoms with Crippen molar-refractivity contribution < 1.29 is 9.59 Å². The molecule has 2 amide bonds. The number of carbonyl (C=O) groups is 2. The zero-order chi connectivity index (χ0) is 21.6. The van der Waals surface area contributed by atoms with E-state index < -0.39 is 0 Å². The minimum atomic E-state index is 0.0526. The summed E-state index contributed by atoms with van der Waals surface area (Å²) < 4.78 is 0. The van der Waals surface area contributed by atoms with Gasteiger partial charge in [0.05, 0.1) is 17.5 Å². The van der Waals surface area contributed by atoms with Gasteiger partial charge < -0.3 is 9.80 Å². The summed E-state index contributed by atoms with van der Waals surface area (Å²) in [6.45, 7) is 1.43. The van der Waals surface area contributed by atoms with Crippen molar-refractivity contribution in [1.29, 1.82) is 0 Å². The van der Waals surface area contributed by atoms with Crippen molar-refractivity contribution in [3.8, 4) is 0 Å². The Balaban J connectivity index is 1.39. The number of hydrogen-bond donors (Lipinski definition) is 1. The topological polar surface area (TPSA) is 82.2 Å². The Morgan fingerprint density at radius 1 is 1.13 bits per heavy atom. The fourth-order valence-corrected chi connectivity index (χ4v) is 5.00. The van der Waals surface area contributed by atoms with Gasteiger partial charge >= 0.3 is 0 Å². The number of likely N-dealkylation sites (tertiary alicyclic amines) is 1. The number of amides is 2. The van der Waals surface area contributed by atoms with Gasteiger partial charge in [-0.1, -0.05) is 19.3 Å². The molecule has 1 aliphatic carbocycles. The summed E-state index contributed by atoms with van der Waals surface area (Å²) in [6, 6.07) is 4.23. The van der Waals surface area contributed by atoms with Crippen molar-refractivity contribution in [2.24, 2.45) is 0 Å². The van der Waals surface area contributed by atoms with E-state index in [1.54, 1.807) is 18.6 Å². The quantitative estimate of drug-likeness (QED) is 0.770. The van der Waals surface area contributed by atoms with Crippen molar-refractivity contribution in [2.75, 3.05) is 20.1 Å². The third-order valence-electron chi connectivity index (χ3n) is 6.90. The summed E-state index contributed by atoms with van der Waals surface area (Å²) in [5.41, 5.74) is 2.69. The van der Waals surface area contributed by atoms with Crippen molar-refractivity contribution in [1.82, 2.24) is 25.0 Å². The predicted octanol–water partition coefficient (Wildman–Crippen LogP) is 3.55. The summed E-state index contributed by atoms with van der Waals surface area (Å²) in [5.74, 6) is 0.352. The normalized spacial score (nSPS) is 19.9. The van der Waals surface area contributed by atoms with Crippen LogP contribution in [0.15, 0.2) is 30.7 Å². The zero-order valence-corrected chi connectivity index (χ0v) is 18.4. The molecule has 2 aromatic heterocycles. The van der Waals surface area contributed by atoms with Crippen molar-refractivity contribution in [2.45, 2.75) is 69.7 Å². The van der Waals surface area contributed by atoms with Crippen LogP contribution in [0.2, 0.25) is 0 Å². The van der Waals surface area contributed by atoms with Gasteiger partial charge in [-0.3, -0.25) is 19.7 Å². The Kier molecular flexibility index (Phi) is 6.99. The van der Waals surface area contributed by atoms with Crippen LogP contribution in [0.1, 0.15) is 78.9 Å². The number of nitrogens with one attached hydrogen (secondary N) is 1. The molecule has 7 heteroatoms. The molecule has 1 N–H and O–H groups in total. The molecule has 4 rings (SSSR count). The van der Waals surface area contributed by atoms with Crippen LogP contribution < -0.4 is 0 Å². The maximum absolute atomic E-state index is 13.2. The molecular formula is C24H33N5O2. The molecule has 0 bridgehead atoms. The molecule has 2 aromatic rings. The maximum atomic E-state index is 13.2. The van der Waals surface area contributed by atoms with Gasteiger partial charge in [0.2, 0.25) is 5.91 Å². The van der Waals surface area contributed by atoms with Gasteiger partial charge in [0, 0.05) is 50.9 Å². The van der Waals surface area contributed by atoms with Crippen molar-refractivity contribution in [3.63, 3.8) is 0 Å². The fraction of sp³-hybridized carbons (Fsp3) is 0.583. The van der Waals surface area contributed by atoms with E-state index in [0.717, 1.165) is 49.9 Å². The van der Waals surface area contributed by atoms with E-state index in [9.17, 15) is 9.59 Å². The third kappa shape index (κ3) is 5.14. The summed E-state index contributed by atoms with van der Waals surface area (Å²) in [4.78, 5) is 33.9. The lowest BCUT2D eigenvalue weighted by atomic mass is 9.91. The predicted molar refractivity (Wildman–Crippen MR) is 119 cm³/mol. The average molecular weight is 424 g/mol. The van der Waals surface area contributed by atoms with Gasteiger partial charge in [-0.15, -0.1) is 0 Å². The minimum absolute atomic E-state index is 0.0526. The summed E-state index contributed by atoms with van der Waals surface area (Å²) in [5, 5.41) is 7.30. The van der Waals surface area contributed by atoms with Gasteiger partial charge in [0.25, 0.3) is 5.91 Å². The average Bonchev–Trinajstić information content (AvgIpc) is 3.33. The van der Waals surface area contributed by atoms with E-state index in [4.69, 9.17) is 0 Å². The first-order chi connectivity index (χ1) is 15.1. The standard InChI is InChI=1S/C24H33N5O2/c1-28(20-7-3-2-4-8-20)24(31)21-16-26-27-23(21)19-6-5-15-29(17-19)22(30)10-9-18-11-13-25-14-12-18/h11-14,16,19-20H,2-10,15,17H2,1H3,(H,26,27)/t19-/m1/s1. The molecule has 0 spiro atoms. The second-order valence-corrected chi connectivity index (χ2v) is 8.94.